The van der Waals surface area contributed by atoms with E-state index in [-0.39, 0.29) is 5.41 Å². The summed E-state index contributed by atoms with van der Waals surface area (Å²) in [5.74, 6) is 0. The van der Waals surface area contributed by atoms with Crippen LogP contribution in [-0.4, -0.2) is 35.4 Å². The van der Waals surface area contributed by atoms with Crippen LogP contribution < -0.4 is 5.32 Å². The molecule has 0 unspecified atom stereocenters. The lowest BCUT2D eigenvalue weighted by atomic mass is 10.2. The Hall–Kier alpha value is -0.843. The van der Waals surface area contributed by atoms with Gasteiger partial charge in [-0.05, 0) is 38.8 Å². The van der Waals surface area contributed by atoms with E-state index in [1.807, 2.05) is 32.0 Å². The highest BCUT2D eigenvalue weighted by molar-refractivity contribution is 6.13. The lowest BCUT2D eigenvalue weighted by Crippen LogP contribution is -2.37. The summed E-state index contributed by atoms with van der Waals surface area (Å²) in [5.41, 5.74) is 0.867. The van der Waals surface area contributed by atoms with Crippen LogP contribution in [0.1, 0.15) is 26.7 Å². The molecule has 102 valence electrons. The molecule has 1 rings (SSSR count). The molecule has 0 aliphatic rings. The molecule has 1 aromatic carbocycles. The number of rotatable bonds is 9. The standard InChI is InChI=1S/C14H25NO2Si/c1-3-16-14(18,17-4-2)11-8-12-15-13-9-6-5-7-10-13/h5-7,9-10,15H,3-4,8,11-12H2,1-2,18H3. The van der Waals surface area contributed by atoms with Crippen LogP contribution in [0.25, 0.3) is 0 Å². The molecule has 3 nitrogen and oxygen atoms in total. The summed E-state index contributed by atoms with van der Waals surface area (Å²) in [5, 5.41) is 3.41. The molecule has 0 spiro atoms. The molecule has 1 aromatic rings. The van der Waals surface area contributed by atoms with E-state index < -0.39 is 0 Å². The Kier molecular flexibility index (Phi) is 7.01. The summed E-state index contributed by atoms with van der Waals surface area (Å²) in [6.07, 6.45) is 2.01. The van der Waals surface area contributed by atoms with E-state index in [2.05, 4.69) is 17.4 Å². The highest BCUT2D eigenvalue weighted by Gasteiger charge is 2.23. The maximum Gasteiger partial charge on any atom is 0.141 e. The van der Waals surface area contributed by atoms with Crippen LogP contribution in [0.4, 0.5) is 5.69 Å². The van der Waals surface area contributed by atoms with Crippen molar-refractivity contribution >= 4 is 15.9 Å². The molecule has 0 saturated carbocycles. The molecule has 0 heterocycles. The first-order valence-corrected chi connectivity index (χ1v) is 7.77. The van der Waals surface area contributed by atoms with Gasteiger partial charge < -0.3 is 14.8 Å². The average molecular weight is 267 g/mol. The largest absolute Gasteiger partial charge is 0.385 e. The smallest absolute Gasteiger partial charge is 0.141 e. The number of benzene rings is 1. The second-order valence-electron chi connectivity index (χ2n) is 4.40. The van der Waals surface area contributed by atoms with Crippen LogP contribution in [-0.2, 0) is 9.47 Å². The molecule has 0 bridgehead atoms. The van der Waals surface area contributed by atoms with E-state index in [0.29, 0.717) is 0 Å². The SMILES string of the molecule is CCOC([SiH3])(CCCNc1ccccc1)OCC. The number of nitrogens with one attached hydrogen (secondary N) is 1. The average Bonchev–Trinajstić information content (AvgIpc) is 2.37. The van der Waals surface area contributed by atoms with Gasteiger partial charge in [0, 0.05) is 25.4 Å². The van der Waals surface area contributed by atoms with Crippen molar-refractivity contribution in [1.82, 2.24) is 0 Å². The van der Waals surface area contributed by atoms with Crippen molar-refractivity contribution in [3.05, 3.63) is 30.3 Å². The van der Waals surface area contributed by atoms with Gasteiger partial charge in [-0.15, -0.1) is 0 Å². The van der Waals surface area contributed by atoms with Crippen molar-refractivity contribution in [3.8, 4) is 0 Å². The molecule has 0 aliphatic carbocycles. The maximum atomic E-state index is 5.73. The van der Waals surface area contributed by atoms with Crippen molar-refractivity contribution in [2.24, 2.45) is 0 Å². The molecule has 1 N–H and O–H groups in total. The Bertz CT molecular complexity index is 313. The summed E-state index contributed by atoms with van der Waals surface area (Å²) in [7, 11) is 0.903. The summed E-state index contributed by atoms with van der Waals surface area (Å²) < 4.78 is 11.5. The van der Waals surface area contributed by atoms with E-state index >= 15 is 0 Å². The molecule has 4 heteroatoms. The fraction of sp³-hybridized carbons (Fsp3) is 0.571. The van der Waals surface area contributed by atoms with E-state index in [9.17, 15) is 0 Å². The Morgan fingerprint density at radius 3 is 2.28 bits per heavy atom. The van der Waals surface area contributed by atoms with E-state index in [4.69, 9.17) is 9.47 Å². The number of para-hydroxylation sites is 1. The van der Waals surface area contributed by atoms with E-state index in [1.165, 1.54) is 5.69 Å². The zero-order valence-electron chi connectivity index (χ0n) is 11.7. The minimum atomic E-state index is -0.304. The van der Waals surface area contributed by atoms with Crippen LogP contribution in [0, 0.1) is 0 Å². The Morgan fingerprint density at radius 1 is 1.11 bits per heavy atom. The molecule has 0 aromatic heterocycles. The molecular formula is C14H25NO2Si. The van der Waals surface area contributed by atoms with Crippen LogP contribution in [0.2, 0.25) is 0 Å². The molecular weight excluding hydrogens is 242 g/mol. The topological polar surface area (TPSA) is 30.5 Å². The normalized spacial score (nSPS) is 11.7. The van der Waals surface area contributed by atoms with Gasteiger partial charge in [-0.3, -0.25) is 0 Å². The van der Waals surface area contributed by atoms with Gasteiger partial charge in [0.1, 0.15) is 5.41 Å². The molecule has 0 saturated heterocycles. The molecule has 0 aliphatic heterocycles. The third-order valence-corrected chi connectivity index (χ3v) is 3.89. The number of hydrogen-bond donors (Lipinski definition) is 1. The van der Waals surface area contributed by atoms with Gasteiger partial charge in [0.2, 0.25) is 0 Å². The van der Waals surface area contributed by atoms with E-state index in [1.54, 1.807) is 0 Å². The molecule has 0 radical (unpaired) electrons. The Morgan fingerprint density at radius 2 is 1.72 bits per heavy atom. The minimum Gasteiger partial charge on any atom is -0.385 e. The summed E-state index contributed by atoms with van der Waals surface area (Å²) in [6.45, 7) is 6.43. The molecule has 18 heavy (non-hydrogen) atoms. The highest BCUT2D eigenvalue weighted by Crippen LogP contribution is 2.16. The minimum absolute atomic E-state index is 0.304. The van der Waals surface area contributed by atoms with Gasteiger partial charge in [0.25, 0.3) is 0 Å². The van der Waals surface area contributed by atoms with Crippen LogP contribution in [0.5, 0.6) is 0 Å². The van der Waals surface area contributed by atoms with Gasteiger partial charge in [0.15, 0.2) is 0 Å². The summed E-state index contributed by atoms with van der Waals surface area (Å²) in [6, 6.07) is 10.3. The monoisotopic (exact) mass is 267 g/mol. The summed E-state index contributed by atoms with van der Waals surface area (Å²) in [4.78, 5) is 0. The molecule has 0 atom stereocenters. The van der Waals surface area contributed by atoms with Gasteiger partial charge in [-0.25, -0.2) is 0 Å². The van der Waals surface area contributed by atoms with Gasteiger partial charge in [0.05, 0.1) is 10.2 Å². The van der Waals surface area contributed by atoms with Crippen molar-refractivity contribution in [2.75, 3.05) is 25.1 Å². The first kappa shape index (κ1) is 15.2. The second-order valence-corrected chi connectivity index (χ2v) is 5.92. The van der Waals surface area contributed by atoms with Crippen molar-refractivity contribution in [3.63, 3.8) is 0 Å². The predicted molar refractivity (Wildman–Crippen MR) is 80.1 cm³/mol. The number of anilines is 1. The van der Waals surface area contributed by atoms with E-state index in [0.717, 1.165) is 42.8 Å². The van der Waals surface area contributed by atoms with Crippen LogP contribution in [0.15, 0.2) is 30.3 Å². The zero-order chi connectivity index (χ0) is 13.3. The fourth-order valence-corrected chi connectivity index (χ4v) is 2.93. The number of ether oxygens (including phenoxy) is 2. The third-order valence-electron chi connectivity index (χ3n) is 2.81. The van der Waals surface area contributed by atoms with Gasteiger partial charge in [-0.1, -0.05) is 18.2 Å². The molecule has 0 fully saturated rings. The Labute approximate surface area is 113 Å². The predicted octanol–water partition coefficient (Wildman–Crippen LogP) is 1.97. The zero-order valence-corrected chi connectivity index (χ0v) is 13.7. The second kappa shape index (κ2) is 8.29. The quantitative estimate of drug-likeness (QED) is 0.421. The van der Waals surface area contributed by atoms with Crippen molar-refractivity contribution in [2.45, 2.75) is 32.1 Å². The number of hydrogen-bond acceptors (Lipinski definition) is 3. The lowest BCUT2D eigenvalue weighted by molar-refractivity contribution is -0.176. The molecule has 0 amide bonds. The first-order valence-electron chi connectivity index (χ1n) is 6.77. The Balaban J connectivity index is 2.26. The van der Waals surface area contributed by atoms with Gasteiger partial charge in [-0.2, -0.15) is 0 Å². The van der Waals surface area contributed by atoms with Gasteiger partial charge >= 0.3 is 0 Å². The van der Waals surface area contributed by atoms with Crippen LogP contribution in [0.3, 0.4) is 0 Å². The highest BCUT2D eigenvalue weighted by atomic mass is 28.1. The van der Waals surface area contributed by atoms with Crippen molar-refractivity contribution in [1.29, 1.82) is 0 Å². The maximum absolute atomic E-state index is 5.73. The fourth-order valence-electron chi connectivity index (χ4n) is 1.99. The van der Waals surface area contributed by atoms with Crippen molar-refractivity contribution < 1.29 is 9.47 Å². The summed E-state index contributed by atoms with van der Waals surface area (Å²) >= 11 is 0. The third kappa shape index (κ3) is 5.66. The van der Waals surface area contributed by atoms with Crippen LogP contribution >= 0.6 is 0 Å². The first-order chi connectivity index (χ1) is 8.70. The lowest BCUT2D eigenvalue weighted by Gasteiger charge is -2.29.